The number of nitrogens with zero attached hydrogens (tertiary/aromatic N) is 1. The van der Waals surface area contributed by atoms with Gasteiger partial charge in [-0.2, -0.15) is 0 Å². The monoisotopic (exact) mass is 267 g/mol. The van der Waals surface area contributed by atoms with Crippen LogP contribution in [0, 0.1) is 5.92 Å². The Balaban J connectivity index is 2.11. The molecule has 4 nitrogen and oxygen atoms in total. The first-order valence-electron chi connectivity index (χ1n) is 7.93. The minimum absolute atomic E-state index is 0.155. The van der Waals surface area contributed by atoms with E-state index in [-0.39, 0.29) is 5.91 Å². The first-order chi connectivity index (χ1) is 9.14. The molecule has 1 saturated carbocycles. The molecule has 1 heterocycles. The van der Waals surface area contributed by atoms with Gasteiger partial charge in [0.25, 0.3) is 0 Å². The van der Waals surface area contributed by atoms with Crippen LogP contribution in [0.3, 0.4) is 0 Å². The summed E-state index contributed by atoms with van der Waals surface area (Å²) in [6.07, 6.45) is 7.29. The number of nitrogens with one attached hydrogen (secondary N) is 1. The highest BCUT2D eigenvalue weighted by Crippen LogP contribution is 2.41. The second-order valence-corrected chi connectivity index (χ2v) is 6.17. The van der Waals surface area contributed by atoms with E-state index in [0.29, 0.717) is 12.0 Å². The van der Waals surface area contributed by atoms with Gasteiger partial charge in [0.15, 0.2) is 0 Å². The van der Waals surface area contributed by atoms with Crippen molar-refractivity contribution < 1.29 is 4.79 Å². The van der Waals surface area contributed by atoms with Gasteiger partial charge in [-0.15, -0.1) is 0 Å². The normalized spacial score (nSPS) is 28.0. The second-order valence-electron chi connectivity index (χ2n) is 6.17. The minimum atomic E-state index is -0.487. The summed E-state index contributed by atoms with van der Waals surface area (Å²) in [5.41, 5.74) is 5.29. The number of primary amides is 1. The summed E-state index contributed by atoms with van der Waals surface area (Å²) in [7, 11) is 0. The molecule has 1 aliphatic carbocycles. The van der Waals surface area contributed by atoms with E-state index in [9.17, 15) is 4.79 Å². The average Bonchev–Trinajstić information content (AvgIpc) is 3.23. The number of likely N-dealkylation sites (tertiary alicyclic amines) is 1. The number of carbonyl (C=O) groups excluding carboxylic acids is 1. The molecular formula is C15H29N3O. The van der Waals surface area contributed by atoms with E-state index in [0.717, 1.165) is 32.5 Å². The Morgan fingerprint density at radius 3 is 2.58 bits per heavy atom. The van der Waals surface area contributed by atoms with Gasteiger partial charge in [-0.25, -0.2) is 0 Å². The maximum atomic E-state index is 12.1. The molecule has 1 amide bonds. The highest BCUT2D eigenvalue weighted by Gasteiger charge is 2.50. The number of piperidine rings is 1. The van der Waals surface area contributed by atoms with Gasteiger partial charge in [0.1, 0.15) is 5.54 Å². The predicted molar refractivity (Wildman–Crippen MR) is 77.8 cm³/mol. The maximum absolute atomic E-state index is 12.1. The molecule has 0 aromatic heterocycles. The summed E-state index contributed by atoms with van der Waals surface area (Å²) in [5, 5.41) is 3.43. The summed E-state index contributed by atoms with van der Waals surface area (Å²) in [5.74, 6) is 0.293. The first kappa shape index (κ1) is 14.8. The fourth-order valence-electron chi connectivity index (χ4n) is 3.64. The molecule has 3 N–H and O–H groups in total. The third kappa shape index (κ3) is 3.11. The van der Waals surface area contributed by atoms with Gasteiger partial charge in [-0.05, 0) is 51.1 Å². The molecule has 2 atom stereocenters. The Kier molecular flexibility index (Phi) is 4.85. The number of nitrogens with two attached hydrogens (primary N) is 1. The van der Waals surface area contributed by atoms with Crippen molar-refractivity contribution in [3.05, 3.63) is 0 Å². The van der Waals surface area contributed by atoms with E-state index >= 15 is 0 Å². The summed E-state index contributed by atoms with van der Waals surface area (Å²) in [4.78, 5) is 14.6. The quantitative estimate of drug-likeness (QED) is 0.735. The number of hydrogen-bond acceptors (Lipinski definition) is 3. The van der Waals surface area contributed by atoms with Crippen LogP contribution >= 0.6 is 0 Å². The Hall–Kier alpha value is -0.610. The zero-order chi connectivity index (χ0) is 13.9. The molecule has 0 aromatic carbocycles. The van der Waals surface area contributed by atoms with Crippen molar-refractivity contribution in [2.24, 2.45) is 11.7 Å². The molecule has 1 saturated heterocycles. The molecule has 0 bridgehead atoms. The van der Waals surface area contributed by atoms with Gasteiger partial charge in [0, 0.05) is 12.6 Å². The van der Waals surface area contributed by atoms with Crippen molar-refractivity contribution in [2.45, 2.75) is 64.0 Å². The molecule has 1 aliphatic heterocycles. The Morgan fingerprint density at radius 2 is 2.05 bits per heavy atom. The molecule has 2 rings (SSSR count). The lowest BCUT2D eigenvalue weighted by Gasteiger charge is -2.42. The van der Waals surface area contributed by atoms with Gasteiger partial charge in [0.2, 0.25) is 5.91 Å². The van der Waals surface area contributed by atoms with Gasteiger partial charge in [-0.1, -0.05) is 20.3 Å². The lowest BCUT2D eigenvalue weighted by molar-refractivity contribution is -0.126. The van der Waals surface area contributed by atoms with E-state index < -0.39 is 5.54 Å². The first-order valence-corrected chi connectivity index (χ1v) is 7.93. The molecule has 19 heavy (non-hydrogen) atoms. The SMILES string of the molecule is CCNC(CN1CCCCC1CC)(C(N)=O)C1CC1. The number of amides is 1. The zero-order valence-electron chi connectivity index (χ0n) is 12.5. The molecule has 2 fully saturated rings. The number of carbonyl (C=O) groups is 1. The standard InChI is InChI=1S/C15H29N3O/c1-3-13-7-5-6-10-18(13)11-15(14(16)19,17-4-2)12-8-9-12/h12-13,17H,3-11H2,1-2H3,(H2,16,19). The summed E-state index contributed by atoms with van der Waals surface area (Å²) in [6, 6.07) is 0.630. The molecular weight excluding hydrogens is 238 g/mol. The molecule has 2 aliphatic rings. The molecule has 0 spiro atoms. The van der Waals surface area contributed by atoms with Gasteiger partial charge in [-0.3, -0.25) is 9.69 Å². The molecule has 4 heteroatoms. The van der Waals surface area contributed by atoms with Crippen LogP contribution in [0.15, 0.2) is 0 Å². The summed E-state index contributed by atoms with van der Waals surface area (Å²) < 4.78 is 0. The second kappa shape index (κ2) is 6.23. The predicted octanol–water partition coefficient (Wildman–Crippen LogP) is 1.49. The van der Waals surface area contributed by atoms with E-state index in [1.54, 1.807) is 0 Å². The van der Waals surface area contributed by atoms with Crippen molar-refractivity contribution in [2.75, 3.05) is 19.6 Å². The molecule has 110 valence electrons. The third-order valence-electron chi connectivity index (χ3n) is 4.88. The smallest absolute Gasteiger partial charge is 0.239 e. The largest absolute Gasteiger partial charge is 0.368 e. The van der Waals surface area contributed by atoms with E-state index in [4.69, 9.17) is 5.73 Å². The van der Waals surface area contributed by atoms with Crippen molar-refractivity contribution >= 4 is 5.91 Å². The topological polar surface area (TPSA) is 58.4 Å². The maximum Gasteiger partial charge on any atom is 0.239 e. The third-order valence-corrected chi connectivity index (χ3v) is 4.88. The van der Waals surface area contributed by atoms with Gasteiger partial charge in [0.05, 0.1) is 0 Å². The Morgan fingerprint density at radius 1 is 1.32 bits per heavy atom. The summed E-state index contributed by atoms with van der Waals surface area (Å²) >= 11 is 0. The van der Waals surface area contributed by atoms with Crippen LogP contribution in [0.5, 0.6) is 0 Å². The van der Waals surface area contributed by atoms with Crippen LogP contribution < -0.4 is 11.1 Å². The number of likely N-dealkylation sites (N-methyl/N-ethyl adjacent to an activating group) is 1. The van der Waals surface area contributed by atoms with Crippen molar-refractivity contribution in [1.29, 1.82) is 0 Å². The van der Waals surface area contributed by atoms with Crippen LogP contribution in [0.25, 0.3) is 0 Å². The van der Waals surface area contributed by atoms with Crippen LogP contribution in [-0.4, -0.2) is 42.0 Å². The Bertz CT molecular complexity index is 317. The van der Waals surface area contributed by atoms with Gasteiger partial charge < -0.3 is 11.1 Å². The Labute approximate surface area is 117 Å². The van der Waals surface area contributed by atoms with E-state index in [1.165, 1.54) is 25.7 Å². The minimum Gasteiger partial charge on any atom is -0.368 e. The average molecular weight is 267 g/mol. The van der Waals surface area contributed by atoms with Crippen LogP contribution in [0.2, 0.25) is 0 Å². The highest BCUT2D eigenvalue weighted by atomic mass is 16.1. The number of hydrogen-bond donors (Lipinski definition) is 2. The summed E-state index contributed by atoms with van der Waals surface area (Å²) in [6.45, 7) is 7.04. The molecule has 0 radical (unpaired) electrons. The van der Waals surface area contributed by atoms with E-state index in [2.05, 4.69) is 24.1 Å². The molecule has 2 unspecified atom stereocenters. The van der Waals surface area contributed by atoms with E-state index in [1.807, 2.05) is 0 Å². The number of rotatable bonds is 7. The lowest BCUT2D eigenvalue weighted by atomic mass is 9.88. The van der Waals surface area contributed by atoms with Gasteiger partial charge >= 0.3 is 0 Å². The van der Waals surface area contributed by atoms with Crippen molar-refractivity contribution in [1.82, 2.24) is 10.2 Å². The van der Waals surface area contributed by atoms with Crippen LogP contribution in [-0.2, 0) is 4.79 Å². The lowest BCUT2D eigenvalue weighted by Crippen LogP contribution is -2.64. The van der Waals surface area contributed by atoms with Crippen molar-refractivity contribution in [3.63, 3.8) is 0 Å². The fraction of sp³-hybridized carbons (Fsp3) is 0.933. The van der Waals surface area contributed by atoms with Crippen LogP contribution in [0.4, 0.5) is 0 Å². The highest BCUT2D eigenvalue weighted by molar-refractivity contribution is 5.86. The van der Waals surface area contributed by atoms with Crippen molar-refractivity contribution in [3.8, 4) is 0 Å². The van der Waals surface area contributed by atoms with Crippen LogP contribution in [0.1, 0.15) is 52.4 Å². The molecule has 0 aromatic rings. The zero-order valence-corrected chi connectivity index (χ0v) is 12.5. The fourth-order valence-corrected chi connectivity index (χ4v) is 3.64.